The zero-order valence-electron chi connectivity index (χ0n) is 20.3. The Morgan fingerprint density at radius 3 is 1.74 bits per heavy atom. The molecule has 2 amide bonds. The molecule has 0 radical (unpaired) electrons. The van der Waals surface area contributed by atoms with E-state index in [1.807, 2.05) is 21.1 Å². The predicted octanol–water partition coefficient (Wildman–Crippen LogP) is 1.49. The highest BCUT2D eigenvalue weighted by Crippen LogP contribution is 2.09. The lowest BCUT2D eigenvalue weighted by Gasteiger charge is -2.22. The second-order valence-electron chi connectivity index (χ2n) is 8.40. The Kier molecular flexibility index (Phi) is 19.4. The van der Waals surface area contributed by atoms with Gasteiger partial charge in [0.05, 0.1) is 0 Å². The summed E-state index contributed by atoms with van der Waals surface area (Å²) in [4.78, 5) is 36.6. The normalized spacial score (nSPS) is 12.9. The third-order valence-corrected chi connectivity index (χ3v) is 5.24. The van der Waals surface area contributed by atoms with E-state index in [1.54, 1.807) is 6.92 Å². The van der Waals surface area contributed by atoms with Crippen molar-refractivity contribution in [2.45, 2.75) is 89.6 Å². The molecule has 31 heavy (non-hydrogen) atoms. The molecule has 0 aromatic heterocycles. The topological polar surface area (TPSA) is 111 Å². The number of unbranched alkanes of at least 4 members (excludes halogenated alkanes) is 3. The van der Waals surface area contributed by atoms with Gasteiger partial charge >= 0.3 is 0 Å². The zero-order valence-corrected chi connectivity index (χ0v) is 20.3. The molecule has 0 fully saturated rings. The van der Waals surface area contributed by atoms with E-state index in [4.69, 9.17) is 0 Å². The number of hydrogen-bond acceptors (Lipinski definition) is 6. The van der Waals surface area contributed by atoms with E-state index in [-0.39, 0.29) is 36.1 Å². The minimum Gasteiger partial charge on any atom is -0.353 e. The summed E-state index contributed by atoms with van der Waals surface area (Å²) in [7, 11) is 5.74. The maximum absolute atomic E-state index is 12.7. The van der Waals surface area contributed by atoms with Crippen molar-refractivity contribution in [3.8, 4) is 0 Å². The molecular weight excluding hydrogens is 394 g/mol. The maximum atomic E-state index is 12.7. The number of carbonyl (C=O) groups is 3. The molecule has 2 unspecified atom stereocenters. The molecule has 0 aliphatic heterocycles. The van der Waals surface area contributed by atoms with E-state index in [9.17, 15) is 14.4 Å². The highest BCUT2D eigenvalue weighted by atomic mass is 16.2. The first-order valence-corrected chi connectivity index (χ1v) is 11.9. The lowest BCUT2D eigenvalue weighted by Crippen LogP contribution is -2.42. The van der Waals surface area contributed by atoms with Crippen molar-refractivity contribution in [1.29, 1.82) is 0 Å². The first-order chi connectivity index (χ1) is 14.9. The monoisotopic (exact) mass is 441 g/mol. The number of Topliss-reactive ketones (excluding diaryl/α,β-unsaturated/α-hetero) is 1. The molecule has 5 N–H and O–H groups in total. The van der Waals surface area contributed by atoms with Gasteiger partial charge in [0.1, 0.15) is 5.78 Å². The van der Waals surface area contributed by atoms with Crippen LogP contribution in [0.1, 0.15) is 77.6 Å². The van der Waals surface area contributed by atoms with Crippen LogP contribution in [0.2, 0.25) is 0 Å². The van der Waals surface area contributed by atoms with Gasteiger partial charge in [-0.25, -0.2) is 0 Å². The van der Waals surface area contributed by atoms with Crippen LogP contribution in [-0.2, 0) is 14.4 Å². The quantitative estimate of drug-likeness (QED) is 0.173. The van der Waals surface area contributed by atoms with Crippen LogP contribution in [0.3, 0.4) is 0 Å². The highest BCUT2D eigenvalue weighted by molar-refractivity contribution is 5.81. The average molecular weight is 442 g/mol. The van der Waals surface area contributed by atoms with E-state index in [0.29, 0.717) is 12.8 Å². The highest BCUT2D eigenvalue weighted by Gasteiger charge is 2.19. The third kappa shape index (κ3) is 18.9. The van der Waals surface area contributed by atoms with Gasteiger partial charge in [-0.05, 0) is 86.2 Å². The van der Waals surface area contributed by atoms with Gasteiger partial charge in [0.25, 0.3) is 0 Å². The van der Waals surface area contributed by atoms with E-state index in [2.05, 4.69) is 26.6 Å². The fourth-order valence-electron chi connectivity index (χ4n) is 3.59. The number of nitrogens with one attached hydrogen (secondary N) is 5. The SMILES string of the molecule is CNCCCCCC(=O)NC(CCCNC)CC(=O)NC(CCCCNC)CC(C)=O. The average Bonchev–Trinajstić information content (AvgIpc) is 2.70. The summed E-state index contributed by atoms with van der Waals surface area (Å²) >= 11 is 0. The van der Waals surface area contributed by atoms with Crippen molar-refractivity contribution in [2.75, 3.05) is 40.8 Å². The Morgan fingerprint density at radius 2 is 1.13 bits per heavy atom. The summed E-state index contributed by atoms with van der Waals surface area (Å²) in [6.45, 7) is 4.29. The number of amides is 2. The molecule has 0 saturated heterocycles. The van der Waals surface area contributed by atoms with Crippen LogP contribution in [0.5, 0.6) is 0 Å². The van der Waals surface area contributed by atoms with Gasteiger partial charge in [0.2, 0.25) is 11.8 Å². The molecule has 0 aliphatic rings. The predicted molar refractivity (Wildman–Crippen MR) is 127 cm³/mol. The molecule has 0 spiro atoms. The molecular formula is C23H47N5O3. The minimum absolute atomic E-state index is 0.0130. The van der Waals surface area contributed by atoms with Crippen molar-refractivity contribution in [3.63, 3.8) is 0 Å². The van der Waals surface area contributed by atoms with Gasteiger partial charge in [-0.1, -0.05) is 12.8 Å². The van der Waals surface area contributed by atoms with Crippen LogP contribution in [0.25, 0.3) is 0 Å². The van der Waals surface area contributed by atoms with Crippen LogP contribution >= 0.6 is 0 Å². The van der Waals surface area contributed by atoms with Gasteiger partial charge in [-0.15, -0.1) is 0 Å². The third-order valence-electron chi connectivity index (χ3n) is 5.24. The Morgan fingerprint density at radius 1 is 0.613 bits per heavy atom. The van der Waals surface area contributed by atoms with Crippen LogP contribution in [0.4, 0.5) is 0 Å². The fraction of sp³-hybridized carbons (Fsp3) is 0.870. The Balaban J connectivity index is 4.61. The van der Waals surface area contributed by atoms with Crippen molar-refractivity contribution in [2.24, 2.45) is 0 Å². The molecule has 0 heterocycles. The molecule has 0 aromatic carbocycles. The van der Waals surface area contributed by atoms with Crippen LogP contribution < -0.4 is 26.6 Å². The lowest BCUT2D eigenvalue weighted by atomic mass is 10.0. The summed E-state index contributed by atoms with van der Waals surface area (Å²) in [5, 5.41) is 15.4. The fourth-order valence-corrected chi connectivity index (χ4v) is 3.59. The molecule has 0 bridgehead atoms. The van der Waals surface area contributed by atoms with E-state index in [1.165, 1.54) is 0 Å². The largest absolute Gasteiger partial charge is 0.353 e. The Labute approximate surface area is 189 Å². The van der Waals surface area contributed by atoms with Crippen LogP contribution in [-0.4, -0.2) is 70.5 Å². The van der Waals surface area contributed by atoms with Crippen LogP contribution in [0, 0.1) is 0 Å². The van der Waals surface area contributed by atoms with E-state index in [0.717, 1.165) is 71.0 Å². The van der Waals surface area contributed by atoms with Gasteiger partial charge in [0, 0.05) is 31.3 Å². The Hall–Kier alpha value is -1.51. The van der Waals surface area contributed by atoms with Gasteiger partial charge in [-0.3, -0.25) is 14.4 Å². The van der Waals surface area contributed by atoms with E-state index >= 15 is 0 Å². The van der Waals surface area contributed by atoms with Crippen molar-refractivity contribution < 1.29 is 14.4 Å². The smallest absolute Gasteiger partial charge is 0.222 e. The number of carbonyl (C=O) groups excluding carboxylic acids is 3. The first-order valence-electron chi connectivity index (χ1n) is 11.9. The molecule has 8 nitrogen and oxygen atoms in total. The molecule has 0 aliphatic carbocycles. The van der Waals surface area contributed by atoms with Gasteiger partial charge in [0.15, 0.2) is 0 Å². The second-order valence-corrected chi connectivity index (χ2v) is 8.40. The maximum Gasteiger partial charge on any atom is 0.222 e. The first kappa shape index (κ1) is 29.5. The summed E-state index contributed by atoms with van der Waals surface area (Å²) in [6.07, 6.45) is 8.42. The van der Waals surface area contributed by atoms with Crippen molar-refractivity contribution in [1.82, 2.24) is 26.6 Å². The molecule has 182 valence electrons. The summed E-state index contributed by atoms with van der Waals surface area (Å²) in [5.74, 6) is -0.00114. The number of ketones is 1. The summed E-state index contributed by atoms with van der Waals surface area (Å²) in [5.41, 5.74) is 0. The second kappa shape index (κ2) is 20.4. The van der Waals surface area contributed by atoms with Gasteiger partial charge in [-0.2, -0.15) is 0 Å². The summed E-state index contributed by atoms with van der Waals surface area (Å²) < 4.78 is 0. The number of rotatable bonds is 21. The molecule has 8 heteroatoms. The lowest BCUT2D eigenvalue weighted by molar-refractivity contribution is -0.124. The van der Waals surface area contributed by atoms with Crippen molar-refractivity contribution >= 4 is 17.6 Å². The minimum atomic E-state index is -0.180. The molecule has 0 saturated carbocycles. The number of hydrogen-bond donors (Lipinski definition) is 5. The standard InChI is InChI=1S/C23H47N5O3/c1-19(29)17-20(11-7-9-15-25-3)28-23(31)18-21(12-10-16-26-4)27-22(30)13-6-5-8-14-24-2/h20-21,24-26H,5-18H2,1-4H3,(H,27,30)(H,28,31). The van der Waals surface area contributed by atoms with Crippen molar-refractivity contribution in [3.05, 3.63) is 0 Å². The zero-order chi connectivity index (χ0) is 23.3. The molecule has 0 aromatic rings. The molecule has 0 rings (SSSR count). The van der Waals surface area contributed by atoms with E-state index < -0.39 is 0 Å². The van der Waals surface area contributed by atoms with Crippen LogP contribution in [0.15, 0.2) is 0 Å². The molecule has 2 atom stereocenters. The Bertz CT molecular complexity index is 488. The summed E-state index contributed by atoms with van der Waals surface area (Å²) in [6, 6.07) is -0.317. The van der Waals surface area contributed by atoms with Gasteiger partial charge < -0.3 is 26.6 Å².